The summed E-state index contributed by atoms with van der Waals surface area (Å²) in [4.78, 5) is 0. The van der Waals surface area contributed by atoms with E-state index in [4.69, 9.17) is 14.4 Å². The lowest BCUT2D eigenvalue weighted by Gasteiger charge is -2.09. The van der Waals surface area contributed by atoms with Crippen molar-refractivity contribution in [3.8, 4) is 11.5 Å². The second-order valence-electron chi connectivity index (χ2n) is 3.32. The lowest BCUT2D eigenvalue weighted by atomic mass is 10.3. The lowest BCUT2D eigenvalue weighted by Crippen LogP contribution is -2.17. The Morgan fingerprint density at radius 3 is 1.90 bits per heavy atom. The van der Waals surface area contributed by atoms with Crippen LogP contribution < -0.4 is 9.47 Å². The van der Waals surface area contributed by atoms with Crippen LogP contribution in [0.4, 0.5) is 13.2 Å². The highest BCUT2D eigenvalue weighted by molar-refractivity contribution is 7.85. The Morgan fingerprint density at radius 1 is 1.15 bits per heavy atom. The molecule has 0 aliphatic carbocycles. The van der Waals surface area contributed by atoms with Crippen LogP contribution in [0.2, 0.25) is 0 Å². The first kappa shape index (κ1) is 18.5. The molecule has 20 heavy (non-hydrogen) atoms. The van der Waals surface area contributed by atoms with Crippen molar-refractivity contribution in [2.45, 2.75) is 6.36 Å². The number of halogens is 3. The van der Waals surface area contributed by atoms with Gasteiger partial charge in [0.05, 0.1) is 12.9 Å². The summed E-state index contributed by atoms with van der Waals surface area (Å²) in [7, 11) is -3.67. The van der Waals surface area contributed by atoms with E-state index in [1.54, 1.807) is 0 Å². The van der Waals surface area contributed by atoms with Crippen LogP contribution in [-0.4, -0.2) is 43.9 Å². The molecule has 10 heteroatoms. The molecule has 0 radical (unpaired) electrons. The molecule has 0 spiro atoms. The van der Waals surface area contributed by atoms with E-state index in [0.717, 1.165) is 12.1 Å². The first-order chi connectivity index (χ1) is 9.01. The predicted molar refractivity (Wildman–Crippen MR) is 63.2 cm³/mol. The zero-order chi connectivity index (χ0) is 15.8. The van der Waals surface area contributed by atoms with Crippen LogP contribution in [-0.2, 0) is 10.1 Å². The van der Waals surface area contributed by atoms with Gasteiger partial charge in [0, 0.05) is 0 Å². The van der Waals surface area contributed by atoms with Crippen molar-refractivity contribution in [2.24, 2.45) is 0 Å². The fourth-order valence-corrected chi connectivity index (χ4v) is 0.901. The molecule has 0 unspecified atom stereocenters. The Balaban J connectivity index is 0.000000621. The zero-order valence-corrected chi connectivity index (χ0v) is 11.1. The second kappa shape index (κ2) is 7.92. The minimum atomic E-state index is -4.69. The molecular weight excluding hydrogens is 305 g/mol. The summed E-state index contributed by atoms with van der Waals surface area (Å²) in [6.07, 6.45) is -3.97. The predicted octanol–water partition coefficient (Wildman–Crippen LogP) is 1.46. The molecule has 0 aliphatic rings. The van der Waals surface area contributed by atoms with Crippen LogP contribution in [0.25, 0.3) is 0 Å². The van der Waals surface area contributed by atoms with Gasteiger partial charge in [0.1, 0.15) is 18.1 Å². The van der Waals surface area contributed by atoms with Crippen molar-refractivity contribution in [3.05, 3.63) is 24.3 Å². The van der Waals surface area contributed by atoms with Gasteiger partial charge in [-0.15, -0.1) is 13.2 Å². The molecule has 0 aromatic heterocycles. The highest BCUT2D eigenvalue weighted by Crippen LogP contribution is 2.24. The Labute approximate surface area is 113 Å². The monoisotopic (exact) mass is 318 g/mol. The molecule has 0 atom stereocenters. The smallest absolute Gasteiger partial charge is 0.491 e. The van der Waals surface area contributed by atoms with Crippen molar-refractivity contribution in [3.63, 3.8) is 0 Å². The average molecular weight is 318 g/mol. The number of aliphatic hydroxyl groups excluding tert-OH is 1. The molecule has 0 aliphatic heterocycles. The van der Waals surface area contributed by atoms with E-state index < -0.39 is 16.5 Å². The lowest BCUT2D eigenvalue weighted by molar-refractivity contribution is -0.274. The summed E-state index contributed by atoms with van der Waals surface area (Å²) in [5.74, 6) is 0.0671. The van der Waals surface area contributed by atoms with Gasteiger partial charge in [-0.05, 0) is 24.3 Å². The van der Waals surface area contributed by atoms with E-state index in [2.05, 4.69) is 4.74 Å². The van der Waals surface area contributed by atoms with Crippen LogP contribution in [0, 0.1) is 0 Å². The highest BCUT2D eigenvalue weighted by atomic mass is 32.2. The van der Waals surface area contributed by atoms with Crippen LogP contribution in [0.5, 0.6) is 11.5 Å². The van der Waals surface area contributed by atoms with Gasteiger partial charge >= 0.3 is 6.36 Å². The summed E-state index contributed by atoms with van der Waals surface area (Å²) < 4.78 is 69.8. The van der Waals surface area contributed by atoms with Gasteiger partial charge in [-0.3, -0.25) is 4.55 Å². The Hall–Kier alpha value is -1.52. The van der Waals surface area contributed by atoms with E-state index >= 15 is 0 Å². The van der Waals surface area contributed by atoms with Crippen molar-refractivity contribution in [2.75, 3.05) is 19.5 Å². The van der Waals surface area contributed by atoms with E-state index in [0.29, 0.717) is 12.0 Å². The van der Waals surface area contributed by atoms with Gasteiger partial charge in [-0.1, -0.05) is 0 Å². The van der Waals surface area contributed by atoms with Gasteiger partial charge in [-0.2, -0.15) is 8.42 Å². The van der Waals surface area contributed by atoms with E-state index in [1.807, 2.05) is 0 Å². The number of hydrogen-bond acceptors (Lipinski definition) is 5. The molecule has 6 nitrogen and oxygen atoms in total. The van der Waals surface area contributed by atoms with Gasteiger partial charge in [0.25, 0.3) is 10.1 Å². The van der Waals surface area contributed by atoms with E-state index in [9.17, 15) is 21.6 Å². The Bertz CT molecular complexity index is 475. The average Bonchev–Trinajstić information content (AvgIpc) is 2.24. The first-order valence-corrected chi connectivity index (χ1v) is 6.88. The van der Waals surface area contributed by atoms with Gasteiger partial charge < -0.3 is 14.6 Å². The van der Waals surface area contributed by atoms with Gasteiger partial charge in [0.15, 0.2) is 0 Å². The molecule has 116 valence electrons. The molecular formula is C10H13F3O6S. The molecule has 1 aromatic carbocycles. The molecule has 1 aromatic rings. The quantitative estimate of drug-likeness (QED) is 0.817. The number of benzene rings is 1. The van der Waals surface area contributed by atoms with Gasteiger partial charge in [-0.25, -0.2) is 0 Å². The number of hydrogen-bond donors (Lipinski definition) is 2. The molecule has 0 fully saturated rings. The van der Waals surface area contributed by atoms with Gasteiger partial charge in [0.2, 0.25) is 0 Å². The molecule has 0 saturated carbocycles. The first-order valence-electron chi connectivity index (χ1n) is 5.03. The van der Waals surface area contributed by atoms with Crippen molar-refractivity contribution >= 4 is 10.1 Å². The maximum Gasteiger partial charge on any atom is 0.573 e. The summed E-state index contributed by atoms with van der Waals surface area (Å²) >= 11 is 0. The highest BCUT2D eigenvalue weighted by Gasteiger charge is 2.30. The van der Waals surface area contributed by atoms with E-state index in [-0.39, 0.29) is 19.0 Å². The summed E-state index contributed by atoms with van der Waals surface area (Å²) in [6.45, 7) is -0.0553. The molecule has 0 bridgehead atoms. The minimum absolute atomic E-state index is 0.0967. The molecule has 0 saturated heterocycles. The third kappa shape index (κ3) is 12.9. The summed E-state index contributed by atoms with van der Waals surface area (Å²) in [5.41, 5.74) is 0. The Kier molecular flexibility index (Phi) is 7.32. The van der Waals surface area contributed by atoms with Crippen LogP contribution in [0.15, 0.2) is 24.3 Å². The number of ether oxygens (including phenoxy) is 2. The normalized spacial score (nSPS) is 11.3. The standard InChI is InChI=1S/C9H9F3O3.CH4O3S/c10-9(11,12)15-8-3-1-7(2-4-8)14-6-5-13;1-5(2,3)4/h1-4,13H,5-6H2;1H3,(H,2,3,4). The third-order valence-corrected chi connectivity index (χ3v) is 1.42. The minimum Gasteiger partial charge on any atom is -0.491 e. The molecule has 0 amide bonds. The summed E-state index contributed by atoms with van der Waals surface area (Å²) in [6, 6.07) is 4.94. The maximum atomic E-state index is 11.8. The number of rotatable bonds is 4. The topological polar surface area (TPSA) is 93.1 Å². The van der Waals surface area contributed by atoms with Crippen molar-refractivity contribution < 1.29 is 40.7 Å². The molecule has 0 heterocycles. The fourth-order valence-electron chi connectivity index (χ4n) is 0.901. The SMILES string of the molecule is CS(=O)(=O)O.OCCOc1ccc(OC(F)(F)F)cc1. The Morgan fingerprint density at radius 2 is 1.55 bits per heavy atom. The largest absolute Gasteiger partial charge is 0.573 e. The number of aliphatic hydroxyl groups is 1. The van der Waals surface area contributed by atoms with Crippen LogP contribution >= 0.6 is 0 Å². The van der Waals surface area contributed by atoms with E-state index in [1.165, 1.54) is 12.1 Å². The number of alkyl halides is 3. The third-order valence-electron chi connectivity index (χ3n) is 1.42. The van der Waals surface area contributed by atoms with Crippen LogP contribution in [0.3, 0.4) is 0 Å². The van der Waals surface area contributed by atoms with Crippen molar-refractivity contribution in [1.82, 2.24) is 0 Å². The summed E-state index contributed by atoms with van der Waals surface area (Å²) in [5, 5.41) is 8.44. The molecule has 2 N–H and O–H groups in total. The van der Waals surface area contributed by atoms with Crippen LogP contribution in [0.1, 0.15) is 0 Å². The molecule has 1 rings (SSSR count). The second-order valence-corrected chi connectivity index (χ2v) is 4.79. The fraction of sp³-hybridized carbons (Fsp3) is 0.400. The maximum absolute atomic E-state index is 11.8. The van der Waals surface area contributed by atoms with Crippen molar-refractivity contribution in [1.29, 1.82) is 0 Å². The zero-order valence-electron chi connectivity index (χ0n) is 10.3.